The van der Waals surface area contributed by atoms with Crippen LogP contribution in [0.1, 0.15) is 12.8 Å². The fourth-order valence-corrected chi connectivity index (χ4v) is 1.02. The second-order valence-electron chi connectivity index (χ2n) is 3.04. The highest BCUT2D eigenvalue weighted by Gasteiger charge is 1.98. The molecular weight excluding hydrogens is 181 g/mol. The second kappa shape index (κ2) is 5.27. The van der Waals surface area contributed by atoms with Crippen molar-refractivity contribution in [3.63, 3.8) is 0 Å². The third kappa shape index (κ3) is 3.93. The van der Waals surface area contributed by atoms with Crippen molar-refractivity contribution < 1.29 is 14.6 Å². The van der Waals surface area contributed by atoms with Crippen molar-refractivity contribution in [2.75, 3.05) is 6.61 Å². The SMILES string of the molecule is Bc1cncc(OCCCC(=O)O)c1. The maximum Gasteiger partial charge on any atom is 0.303 e. The van der Waals surface area contributed by atoms with Crippen LogP contribution in [0.3, 0.4) is 0 Å². The molecule has 0 spiro atoms. The molecule has 0 amide bonds. The number of aliphatic carboxylic acids is 1. The third-order valence-corrected chi connectivity index (χ3v) is 1.65. The van der Waals surface area contributed by atoms with E-state index in [1.807, 2.05) is 13.9 Å². The third-order valence-electron chi connectivity index (χ3n) is 1.65. The van der Waals surface area contributed by atoms with Gasteiger partial charge in [-0.15, -0.1) is 0 Å². The average Bonchev–Trinajstić information content (AvgIpc) is 2.12. The van der Waals surface area contributed by atoms with Crippen molar-refractivity contribution in [1.29, 1.82) is 0 Å². The Labute approximate surface area is 83.3 Å². The summed E-state index contributed by atoms with van der Waals surface area (Å²) < 4.78 is 5.31. The smallest absolute Gasteiger partial charge is 0.303 e. The number of ether oxygens (including phenoxy) is 1. The van der Waals surface area contributed by atoms with Crippen molar-refractivity contribution >= 4 is 19.3 Å². The molecule has 0 aliphatic carbocycles. The van der Waals surface area contributed by atoms with Gasteiger partial charge in [0.1, 0.15) is 13.6 Å². The summed E-state index contributed by atoms with van der Waals surface area (Å²) in [5, 5.41) is 8.39. The van der Waals surface area contributed by atoms with Crippen LogP contribution >= 0.6 is 0 Å². The maximum absolute atomic E-state index is 10.2. The minimum atomic E-state index is -0.795. The topological polar surface area (TPSA) is 59.4 Å². The van der Waals surface area contributed by atoms with E-state index in [2.05, 4.69) is 4.98 Å². The number of carbonyl (C=O) groups is 1. The van der Waals surface area contributed by atoms with Gasteiger partial charge in [0.2, 0.25) is 0 Å². The van der Waals surface area contributed by atoms with Crippen molar-refractivity contribution in [1.82, 2.24) is 4.98 Å². The Morgan fingerprint density at radius 1 is 1.57 bits per heavy atom. The molecule has 0 fully saturated rings. The summed E-state index contributed by atoms with van der Waals surface area (Å²) in [6.07, 6.45) is 4.01. The molecule has 0 saturated carbocycles. The highest BCUT2D eigenvalue weighted by Crippen LogP contribution is 2.05. The molecule has 0 aromatic carbocycles. The largest absolute Gasteiger partial charge is 0.492 e. The summed E-state index contributed by atoms with van der Waals surface area (Å²) in [5.41, 5.74) is 1.03. The van der Waals surface area contributed by atoms with Crippen LogP contribution in [0.5, 0.6) is 5.75 Å². The lowest BCUT2D eigenvalue weighted by Crippen LogP contribution is -2.06. The summed E-state index contributed by atoms with van der Waals surface area (Å²) in [7, 11) is 1.93. The van der Waals surface area contributed by atoms with E-state index in [1.165, 1.54) is 0 Å². The monoisotopic (exact) mass is 193 g/mol. The van der Waals surface area contributed by atoms with Crippen molar-refractivity contribution in [2.45, 2.75) is 12.8 Å². The number of hydrogen-bond donors (Lipinski definition) is 1. The fourth-order valence-electron chi connectivity index (χ4n) is 1.02. The van der Waals surface area contributed by atoms with E-state index < -0.39 is 5.97 Å². The Kier molecular flexibility index (Phi) is 3.97. The number of carboxylic acids is 1. The average molecular weight is 193 g/mol. The van der Waals surface area contributed by atoms with Gasteiger partial charge in [0.15, 0.2) is 0 Å². The Hall–Kier alpha value is -1.52. The normalized spacial score (nSPS) is 9.71. The second-order valence-corrected chi connectivity index (χ2v) is 3.04. The van der Waals surface area contributed by atoms with Gasteiger partial charge in [-0.05, 0) is 12.5 Å². The summed E-state index contributed by atoms with van der Waals surface area (Å²) in [4.78, 5) is 14.2. The molecule has 0 aliphatic rings. The molecule has 0 aliphatic heterocycles. The number of rotatable bonds is 5. The molecule has 1 N–H and O–H groups in total. The minimum absolute atomic E-state index is 0.138. The molecule has 0 radical (unpaired) electrons. The molecular formula is C9H12BNO3. The zero-order valence-corrected chi connectivity index (χ0v) is 8.06. The van der Waals surface area contributed by atoms with E-state index in [0.717, 1.165) is 5.46 Å². The van der Waals surface area contributed by atoms with E-state index in [4.69, 9.17) is 9.84 Å². The summed E-state index contributed by atoms with van der Waals surface area (Å²) in [6.45, 7) is 0.414. The van der Waals surface area contributed by atoms with Gasteiger partial charge in [0.25, 0.3) is 0 Å². The first-order valence-electron chi connectivity index (χ1n) is 4.45. The Balaban J connectivity index is 2.28. The molecule has 74 valence electrons. The highest BCUT2D eigenvalue weighted by molar-refractivity contribution is 6.32. The number of pyridine rings is 1. The first-order valence-corrected chi connectivity index (χ1v) is 4.45. The maximum atomic E-state index is 10.2. The lowest BCUT2D eigenvalue weighted by Gasteiger charge is -2.04. The Morgan fingerprint density at radius 3 is 3.00 bits per heavy atom. The quantitative estimate of drug-likeness (QED) is 0.509. The van der Waals surface area contributed by atoms with E-state index >= 15 is 0 Å². The zero-order chi connectivity index (χ0) is 10.4. The zero-order valence-electron chi connectivity index (χ0n) is 8.06. The predicted octanol–water partition coefficient (Wildman–Crippen LogP) is -0.416. The van der Waals surface area contributed by atoms with E-state index in [0.29, 0.717) is 18.8 Å². The molecule has 5 heteroatoms. The van der Waals surface area contributed by atoms with Crippen molar-refractivity contribution in [3.05, 3.63) is 18.5 Å². The first-order chi connectivity index (χ1) is 6.68. The highest BCUT2D eigenvalue weighted by atomic mass is 16.5. The molecule has 4 nitrogen and oxygen atoms in total. The van der Waals surface area contributed by atoms with Crippen LogP contribution in [0.15, 0.2) is 18.5 Å². The van der Waals surface area contributed by atoms with Gasteiger partial charge in [-0.2, -0.15) is 0 Å². The lowest BCUT2D eigenvalue weighted by atomic mass is 9.99. The molecule has 0 bridgehead atoms. The van der Waals surface area contributed by atoms with Gasteiger partial charge in [0, 0.05) is 12.6 Å². The number of hydrogen-bond acceptors (Lipinski definition) is 3. The molecule has 1 aromatic rings. The Bertz CT molecular complexity index is 317. The fraction of sp³-hybridized carbons (Fsp3) is 0.333. The summed E-state index contributed by atoms with van der Waals surface area (Å²) >= 11 is 0. The van der Waals surface area contributed by atoms with Crippen LogP contribution < -0.4 is 10.2 Å². The predicted molar refractivity (Wildman–Crippen MR) is 54.8 cm³/mol. The van der Waals surface area contributed by atoms with Crippen molar-refractivity contribution in [3.8, 4) is 5.75 Å². The standard InChI is InChI=1S/C9H12BNO3/c10-7-4-8(6-11-5-7)14-3-1-2-9(12)13/h4-6H,1-3,10H2,(H,12,13). The molecule has 14 heavy (non-hydrogen) atoms. The summed E-state index contributed by atoms with van der Waals surface area (Å²) in [5.74, 6) is -0.105. The number of nitrogens with zero attached hydrogens (tertiary/aromatic N) is 1. The Morgan fingerprint density at radius 2 is 2.36 bits per heavy atom. The van der Waals surface area contributed by atoms with Crippen LogP contribution in [0.2, 0.25) is 0 Å². The van der Waals surface area contributed by atoms with Gasteiger partial charge in [-0.3, -0.25) is 9.78 Å². The molecule has 0 saturated heterocycles. The van der Waals surface area contributed by atoms with Gasteiger partial charge >= 0.3 is 5.97 Å². The number of aromatic nitrogens is 1. The van der Waals surface area contributed by atoms with Crippen molar-refractivity contribution in [2.24, 2.45) is 0 Å². The van der Waals surface area contributed by atoms with Gasteiger partial charge < -0.3 is 9.84 Å². The van der Waals surface area contributed by atoms with Gasteiger partial charge in [0.05, 0.1) is 12.8 Å². The molecule has 1 heterocycles. The molecule has 1 rings (SSSR count). The molecule has 0 atom stereocenters. The van der Waals surface area contributed by atoms with Crippen LogP contribution in [0, 0.1) is 0 Å². The molecule has 0 unspecified atom stereocenters. The van der Waals surface area contributed by atoms with E-state index in [9.17, 15) is 4.79 Å². The van der Waals surface area contributed by atoms with Crippen LogP contribution in [-0.4, -0.2) is 30.5 Å². The van der Waals surface area contributed by atoms with E-state index in [-0.39, 0.29) is 6.42 Å². The van der Waals surface area contributed by atoms with Crippen LogP contribution in [-0.2, 0) is 4.79 Å². The van der Waals surface area contributed by atoms with Crippen LogP contribution in [0.4, 0.5) is 0 Å². The van der Waals surface area contributed by atoms with Gasteiger partial charge in [-0.25, -0.2) is 0 Å². The molecule has 1 aromatic heterocycles. The van der Waals surface area contributed by atoms with Crippen LogP contribution in [0.25, 0.3) is 0 Å². The lowest BCUT2D eigenvalue weighted by molar-refractivity contribution is -0.137. The summed E-state index contributed by atoms with van der Waals surface area (Å²) in [6, 6.07) is 1.87. The first kappa shape index (κ1) is 10.6. The van der Waals surface area contributed by atoms with Gasteiger partial charge in [-0.1, -0.05) is 5.46 Å². The minimum Gasteiger partial charge on any atom is -0.492 e. The number of carboxylic acid groups (broad SMARTS) is 1. The van der Waals surface area contributed by atoms with E-state index in [1.54, 1.807) is 12.4 Å².